The number of benzene rings is 2. The number of aromatic nitrogens is 3. The Morgan fingerprint density at radius 2 is 1.88 bits per heavy atom. The van der Waals surface area contributed by atoms with Crippen molar-refractivity contribution in [2.75, 3.05) is 11.1 Å². The van der Waals surface area contributed by atoms with Crippen LogP contribution in [0.2, 0.25) is 10.0 Å². The smallest absolute Gasteiger partial charge is 0.416 e. The summed E-state index contributed by atoms with van der Waals surface area (Å²) in [4.78, 5) is 12.2. The first-order valence-corrected chi connectivity index (χ1v) is 11.0. The molecule has 0 aliphatic carbocycles. The number of ether oxygens (including phenoxy) is 1. The summed E-state index contributed by atoms with van der Waals surface area (Å²) >= 11 is 13.0. The summed E-state index contributed by atoms with van der Waals surface area (Å²) in [7, 11) is 0. The van der Waals surface area contributed by atoms with Crippen molar-refractivity contribution in [3.8, 4) is 5.75 Å². The number of anilines is 1. The van der Waals surface area contributed by atoms with Gasteiger partial charge < -0.3 is 14.6 Å². The molecule has 0 spiro atoms. The van der Waals surface area contributed by atoms with Crippen LogP contribution >= 0.6 is 35.0 Å². The number of hydrogen-bond donors (Lipinski definition) is 1. The Hall–Kier alpha value is -2.43. The van der Waals surface area contributed by atoms with E-state index < -0.39 is 11.7 Å². The number of nitrogens with one attached hydrogen (secondary N) is 1. The van der Waals surface area contributed by atoms with Crippen LogP contribution in [-0.4, -0.2) is 26.4 Å². The highest BCUT2D eigenvalue weighted by atomic mass is 35.5. The van der Waals surface area contributed by atoms with Gasteiger partial charge >= 0.3 is 6.18 Å². The predicted molar refractivity (Wildman–Crippen MR) is 117 cm³/mol. The van der Waals surface area contributed by atoms with Crippen molar-refractivity contribution in [3.05, 3.63) is 63.9 Å². The van der Waals surface area contributed by atoms with E-state index in [1.54, 1.807) is 22.8 Å². The topological polar surface area (TPSA) is 69.0 Å². The quantitative estimate of drug-likeness (QED) is 0.384. The molecule has 3 rings (SSSR count). The molecule has 6 nitrogen and oxygen atoms in total. The third-order valence-corrected chi connectivity index (χ3v) is 5.52. The summed E-state index contributed by atoms with van der Waals surface area (Å²) in [6.07, 6.45) is -4.45. The minimum Gasteiger partial charge on any atom is -0.486 e. The van der Waals surface area contributed by atoms with Crippen LogP contribution in [0.15, 0.2) is 47.6 Å². The standard InChI is InChI=1S/C20H17Cl2F3N4O2S/c1-2-29-17(10-31-16-5-3-4-12(6-16)20(23,24)25)27-28-19(29)32-11-18(30)26-15-8-13(21)7-14(22)9-15/h3-9H,2,10-11H2,1H3,(H,26,30). The molecular weight excluding hydrogens is 488 g/mol. The lowest BCUT2D eigenvalue weighted by atomic mass is 10.2. The van der Waals surface area contributed by atoms with Gasteiger partial charge in [0.25, 0.3) is 0 Å². The number of halogens is 5. The van der Waals surface area contributed by atoms with Gasteiger partial charge in [-0.1, -0.05) is 41.0 Å². The van der Waals surface area contributed by atoms with Crippen molar-refractivity contribution < 1.29 is 22.7 Å². The highest BCUT2D eigenvalue weighted by Crippen LogP contribution is 2.31. The van der Waals surface area contributed by atoms with Crippen molar-refractivity contribution in [3.63, 3.8) is 0 Å². The number of hydrogen-bond acceptors (Lipinski definition) is 5. The molecule has 0 aliphatic rings. The van der Waals surface area contributed by atoms with E-state index in [1.165, 1.54) is 12.1 Å². The minimum absolute atomic E-state index is 0.0523. The first-order chi connectivity index (χ1) is 15.2. The molecule has 1 N–H and O–H groups in total. The van der Waals surface area contributed by atoms with Crippen molar-refractivity contribution in [1.29, 1.82) is 0 Å². The van der Waals surface area contributed by atoms with Crippen LogP contribution in [-0.2, 0) is 24.1 Å². The Bertz CT molecular complexity index is 1090. The maximum atomic E-state index is 12.8. The van der Waals surface area contributed by atoms with E-state index in [1.807, 2.05) is 6.92 Å². The number of carbonyl (C=O) groups excluding carboxylic acids is 1. The normalized spacial score (nSPS) is 11.4. The molecule has 1 aromatic heterocycles. The van der Waals surface area contributed by atoms with Gasteiger partial charge in [0, 0.05) is 22.3 Å². The van der Waals surface area contributed by atoms with Crippen molar-refractivity contribution in [2.45, 2.75) is 31.4 Å². The SMILES string of the molecule is CCn1c(COc2cccc(C(F)(F)F)c2)nnc1SCC(=O)Nc1cc(Cl)cc(Cl)c1. The molecule has 2 aromatic carbocycles. The van der Waals surface area contributed by atoms with Gasteiger partial charge in [-0.3, -0.25) is 4.79 Å². The van der Waals surface area contributed by atoms with Gasteiger partial charge in [-0.05, 0) is 43.3 Å². The molecule has 0 saturated heterocycles. The lowest BCUT2D eigenvalue weighted by molar-refractivity contribution is -0.137. The summed E-state index contributed by atoms with van der Waals surface area (Å²) in [6, 6.07) is 9.31. The number of nitrogens with zero attached hydrogens (tertiary/aromatic N) is 3. The zero-order valence-electron chi connectivity index (χ0n) is 16.6. The molecule has 3 aromatic rings. The van der Waals surface area contributed by atoms with Crippen LogP contribution in [0.5, 0.6) is 5.75 Å². The van der Waals surface area contributed by atoms with Crippen LogP contribution in [0.4, 0.5) is 18.9 Å². The monoisotopic (exact) mass is 504 g/mol. The lowest BCUT2D eigenvalue weighted by Gasteiger charge is -2.11. The van der Waals surface area contributed by atoms with E-state index >= 15 is 0 Å². The maximum absolute atomic E-state index is 12.8. The fraction of sp³-hybridized carbons (Fsp3) is 0.250. The van der Waals surface area contributed by atoms with Crippen molar-refractivity contribution >= 4 is 46.6 Å². The van der Waals surface area contributed by atoms with Gasteiger partial charge in [0.05, 0.1) is 11.3 Å². The lowest BCUT2D eigenvalue weighted by Crippen LogP contribution is -2.15. The summed E-state index contributed by atoms with van der Waals surface area (Å²) < 4.78 is 45.7. The minimum atomic E-state index is -4.45. The third-order valence-electron chi connectivity index (χ3n) is 4.12. The second-order valence-corrected chi connectivity index (χ2v) is 8.27. The van der Waals surface area contributed by atoms with Crippen LogP contribution in [0.3, 0.4) is 0 Å². The molecule has 0 fully saturated rings. The largest absolute Gasteiger partial charge is 0.486 e. The summed E-state index contributed by atoms with van der Waals surface area (Å²) in [5.41, 5.74) is -0.324. The highest BCUT2D eigenvalue weighted by Gasteiger charge is 2.30. The Labute approximate surface area is 196 Å². The molecule has 0 bridgehead atoms. The van der Waals surface area contributed by atoms with E-state index in [-0.39, 0.29) is 24.0 Å². The Kier molecular flexibility index (Phi) is 7.91. The number of alkyl halides is 3. The van der Waals surface area contributed by atoms with Crippen LogP contribution in [0.1, 0.15) is 18.3 Å². The van der Waals surface area contributed by atoms with Gasteiger partial charge in [-0.2, -0.15) is 13.2 Å². The van der Waals surface area contributed by atoms with Crippen LogP contribution in [0.25, 0.3) is 0 Å². The molecular formula is C20H17Cl2F3N4O2S. The summed E-state index contributed by atoms with van der Waals surface area (Å²) in [5.74, 6) is 0.256. The molecule has 0 unspecified atom stereocenters. The van der Waals surface area contributed by atoms with E-state index in [4.69, 9.17) is 27.9 Å². The van der Waals surface area contributed by atoms with E-state index in [9.17, 15) is 18.0 Å². The average Bonchev–Trinajstić information content (AvgIpc) is 3.11. The van der Waals surface area contributed by atoms with Gasteiger partial charge in [-0.15, -0.1) is 10.2 Å². The van der Waals surface area contributed by atoms with E-state index in [2.05, 4.69) is 15.5 Å². The number of thioether (sulfide) groups is 1. The zero-order valence-corrected chi connectivity index (χ0v) is 18.9. The molecule has 1 amide bonds. The summed E-state index contributed by atoms with van der Waals surface area (Å²) in [5, 5.41) is 12.1. The van der Waals surface area contributed by atoms with Gasteiger partial charge in [-0.25, -0.2) is 0 Å². The van der Waals surface area contributed by atoms with E-state index in [0.29, 0.717) is 33.3 Å². The third kappa shape index (κ3) is 6.54. The van der Waals surface area contributed by atoms with Gasteiger partial charge in [0.15, 0.2) is 11.0 Å². The molecule has 0 radical (unpaired) electrons. The Balaban J connectivity index is 1.60. The fourth-order valence-corrected chi connectivity index (χ4v) is 4.06. The van der Waals surface area contributed by atoms with Crippen LogP contribution in [0, 0.1) is 0 Å². The highest BCUT2D eigenvalue weighted by molar-refractivity contribution is 7.99. The molecule has 170 valence electrons. The van der Waals surface area contributed by atoms with Crippen molar-refractivity contribution in [1.82, 2.24) is 14.8 Å². The number of amides is 1. The molecule has 32 heavy (non-hydrogen) atoms. The molecule has 0 saturated carbocycles. The number of rotatable bonds is 8. The molecule has 1 heterocycles. The first kappa shape index (κ1) is 24.2. The predicted octanol–water partition coefficient (Wildman–Crippen LogP) is 5.93. The zero-order chi connectivity index (χ0) is 23.3. The number of carbonyl (C=O) groups is 1. The second kappa shape index (κ2) is 10.5. The first-order valence-electron chi connectivity index (χ1n) is 9.26. The average molecular weight is 505 g/mol. The molecule has 0 atom stereocenters. The second-order valence-electron chi connectivity index (χ2n) is 6.45. The maximum Gasteiger partial charge on any atom is 0.416 e. The molecule has 12 heteroatoms. The molecule has 0 aliphatic heterocycles. The fourth-order valence-electron chi connectivity index (χ4n) is 2.71. The Morgan fingerprint density at radius 3 is 2.53 bits per heavy atom. The van der Waals surface area contributed by atoms with Crippen molar-refractivity contribution in [2.24, 2.45) is 0 Å². The Morgan fingerprint density at radius 1 is 1.16 bits per heavy atom. The van der Waals surface area contributed by atoms with Gasteiger partial charge in [0.1, 0.15) is 12.4 Å². The van der Waals surface area contributed by atoms with Crippen LogP contribution < -0.4 is 10.1 Å². The van der Waals surface area contributed by atoms with E-state index in [0.717, 1.165) is 23.9 Å². The van der Waals surface area contributed by atoms with Gasteiger partial charge in [0.2, 0.25) is 5.91 Å². The summed E-state index contributed by atoms with van der Waals surface area (Å²) in [6.45, 7) is 2.27.